The Hall–Kier alpha value is -2.34. The van der Waals surface area contributed by atoms with Crippen LogP contribution in [-0.4, -0.2) is 26.6 Å². The summed E-state index contributed by atoms with van der Waals surface area (Å²) in [5, 5.41) is 3.16. The number of anilines is 1. The van der Waals surface area contributed by atoms with Gasteiger partial charge in [-0.05, 0) is 48.1 Å². The Morgan fingerprint density at radius 2 is 1.79 bits per heavy atom. The lowest BCUT2D eigenvalue weighted by atomic mass is 9.82. The fourth-order valence-electron chi connectivity index (χ4n) is 3.91. The van der Waals surface area contributed by atoms with Crippen molar-refractivity contribution in [2.24, 2.45) is 5.41 Å². The Morgan fingerprint density at radius 3 is 2.36 bits per heavy atom. The first-order valence-corrected chi connectivity index (χ1v) is 11.3. The van der Waals surface area contributed by atoms with Crippen LogP contribution < -0.4 is 9.62 Å². The van der Waals surface area contributed by atoms with Crippen molar-refractivity contribution < 1.29 is 13.2 Å². The van der Waals surface area contributed by atoms with Crippen LogP contribution in [0.4, 0.5) is 5.69 Å². The van der Waals surface area contributed by atoms with Crippen LogP contribution in [0.25, 0.3) is 0 Å². The molecule has 3 rings (SSSR count). The van der Waals surface area contributed by atoms with Crippen molar-refractivity contribution >= 4 is 21.6 Å². The Morgan fingerprint density at radius 1 is 1.14 bits per heavy atom. The highest BCUT2D eigenvalue weighted by Crippen LogP contribution is 2.36. The summed E-state index contributed by atoms with van der Waals surface area (Å²) in [6.45, 7) is 8.17. The zero-order valence-corrected chi connectivity index (χ0v) is 17.9. The highest BCUT2D eigenvalue weighted by atomic mass is 32.2. The Balaban J connectivity index is 1.89. The highest BCUT2D eigenvalue weighted by molar-refractivity contribution is 7.92. The van der Waals surface area contributed by atoms with Crippen LogP contribution in [0.15, 0.2) is 48.5 Å². The van der Waals surface area contributed by atoms with Gasteiger partial charge in [0.2, 0.25) is 10.0 Å². The number of carbonyl (C=O) groups is 1. The molecule has 0 spiro atoms. The number of rotatable bonds is 4. The van der Waals surface area contributed by atoms with Crippen LogP contribution in [0.5, 0.6) is 0 Å². The second-order valence-electron chi connectivity index (χ2n) is 8.64. The third-order valence-electron chi connectivity index (χ3n) is 5.13. The zero-order chi connectivity index (χ0) is 20.7. The monoisotopic (exact) mass is 400 g/mol. The summed E-state index contributed by atoms with van der Waals surface area (Å²) < 4.78 is 25.6. The van der Waals surface area contributed by atoms with E-state index in [1.165, 1.54) is 10.6 Å². The van der Waals surface area contributed by atoms with Crippen molar-refractivity contribution in [2.75, 3.05) is 10.6 Å². The number of benzene rings is 2. The Kier molecular flexibility index (Phi) is 5.28. The van der Waals surface area contributed by atoms with Crippen LogP contribution in [0.2, 0.25) is 0 Å². The molecule has 0 fully saturated rings. The Labute approximate surface area is 167 Å². The summed E-state index contributed by atoms with van der Waals surface area (Å²) in [4.78, 5) is 13.0. The van der Waals surface area contributed by atoms with Gasteiger partial charge in [-0.3, -0.25) is 9.10 Å². The largest absolute Gasteiger partial charge is 0.345 e. The maximum atomic E-state index is 13.0. The minimum Gasteiger partial charge on any atom is -0.345 e. The predicted octanol–water partition coefficient (Wildman–Crippen LogP) is 3.91. The van der Waals surface area contributed by atoms with Gasteiger partial charge in [-0.25, -0.2) is 8.42 Å². The van der Waals surface area contributed by atoms with Gasteiger partial charge in [0.1, 0.15) is 0 Å². The number of amides is 1. The molecule has 0 aromatic heterocycles. The van der Waals surface area contributed by atoms with Crippen molar-refractivity contribution in [3.8, 4) is 0 Å². The van der Waals surface area contributed by atoms with Gasteiger partial charge in [0.15, 0.2) is 0 Å². The summed E-state index contributed by atoms with van der Waals surface area (Å²) in [7, 11) is -3.34. The van der Waals surface area contributed by atoms with Crippen molar-refractivity contribution in [1.29, 1.82) is 0 Å². The number of nitrogens with one attached hydrogen (secondary N) is 1. The molecule has 5 nitrogen and oxygen atoms in total. The van der Waals surface area contributed by atoms with E-state index in [2.05, 4.69) is 26.1 Å². The molecule has 1 N–H and O–H groups in total. The van der Waals surface area contributed by atoms with E-state index in [4.69, 9.17) is 0 Å². The number of hydrogen-bond donors (Lipinski definition) is 1. The van der Waals surface area contributed by atoms with Gasteiger partial charge in [-0.1, -0.05) is 51.1 Å². The summed E-state index contributed by atoms with van der Waals surface area (Å²) in [5.41, 5.74) is 3.00. The van der Waals surface area contributed by atoms with Crippen LogP contribution in [0, 0.1) is 5.41 Å². The predicted molar refractivity (Wildman–Crippen MR) is 113 cm³/mol. The number of fused-ring (bicyclic) bond motifs is 1. The average Bonchev–Trinajstić information content (AvgIpc) is 2.94. The summed E-state index contributed by atoms with van der Waals surface area (Å²) in [6.07, 6.45) is 1.82. The van der Waals surface area contributed by atoms with E-state index < -0.39 is 10.0 Å². The van der Waals surface area contributed by atoms with Gasteiger partial charge in [-0.2, -0.15) is 0 Å². The molecule has 0 bridgehead atoms. The molecule has 2 aromatic carbocycles. The minimum absolute atomic E-state index is 0.138. The average molecular weight is 401 g/mol. The van der Waals surface area contributed by atoms with E-state index in [1.54, 1.807) is 12.1 Å². The molecule has 0 saturated carbocycles. The first-order chi connectivity index (χ1) is 13.0. The fraction of sp³-hybridized carbons (Fsp3) is 0.409. The lowest BCUT2D eigenvalue weighted by Gasteiger charge is -2.32. The van der Waals surface area contributed by atoms with Gasteiger partial charge in [0.05, 0.1) is 18.0 Å². The zero-order valence-electron chi connectivity index (χ0n) is 17.1. The van der Waals surface area contributed by atoms with Crippen molar-refractivity contribution in [1.82, 2.24) is 5.32 Å². The van der Waals surface area contributed by atoms with Crippen LogP contribution >= 0.6 is 0 Å². The topological polar surface area (TPSA) is 66.5 Å². The molecule has 1 aliphatic heterocycles. The first-order valence-electron chi connectivity index (χ1n) is 9.46. The normalized spacial score (nSPS) is 17.9. The van der Waals surface area contributed by atoms with Gasteiger partial charge in [0.25, 0.3) is 5.91 Å². The molecule has 0 radical (unpaired) electrons. The molecule has 2 atom stereocenters. The Bertz CT molecular complexity index is 979. The highest BCUT2D eigenvalue weighted by Gasteiger charge is 2.33. The first kappa shape index (κ1) is 20.4. The minimum atomic E-state index is -3.34. The molecule has 28 heavy (non-hydrogen) atoms. The summed E-state index contributed by atoms with van der Waals surface area (Å²) in [5.74, 6) is -0.156. The van der Waals surface area contributed by atoms with Gasteiger partial charge in [-0.15, -0.1) is 0 Å². The van der Waals surface area contributed by atoms with Crippen LogP contribution in [0.1, 0.15) is 55.2 Å². The lowest BCUT2D eigenvalue weighted by Crippen LogP contribution is -2.36. The molecule has 0 saturated heterocycles. The SMILES string of the molecule is C[C@H]1Cc2cc(C(=O)N[C@@H](c3ccccc3)C(C)(C)C)ccc2N1S(C)(=O)=O. The van der Waals surface area contributed by atoms with Gasteiger partial charge < -0.3 is 5.32 Å². The number of hydrogen-bond acceptors (Lipinski definition) is 3. The van der Waals surface area contributed by atoms with Crippen molar-refractivity contribution in [3.05, 3.63) is 65.2 Å². The number of sulfonamides is 1. The van der Waals surface area contributed by atoms with E-state index in [0.717, 1.165) is 11.1 Å². The third kappa shape index (κ3) is 4.07. The van der Waals surface area contributed by atoms with Crippen LogP contribution in [-0.2, 0) is 16.4 Å². The summed E-state index contributed by atoms with van der Waals surface area (Å²) >= 11 is 0. The number of nitrogens with zero attached hydrogens (tertiary/aromatic N) is 1. The number of carbonyl (C=O) groups excluding carboxylic acids is 1. The van der Waals surface area contributed by atoms with Crippen LogP contribution in [0.3, 0.4) is 0 Å². The lowest BCUT2D eigenvalue weighted by molar-refractivity contribution is 0.0901. The molecule has 1 amide bonds. The molecular formula is C22H28N2O3S. The standard InChI is InChI=1S/C22H28N2O3S/c1-15-13-18-14-17(11-12-19(18)24(15)28(5,26)27)21(25)23-20(22(2,3)4)16-9-7-6-8-10-16/h6-12,14-15,20H,13H2,1-5H3,(H,23,25)/t15-,20-/m0/s1. The molecule has 6 heteroatoms. The quantitative estimate of drug-likeness (QED) is 0.846. The van der Waals surface area contributed by atoms with Crippen molar-refractivity contribution in [2.45, 2.75) is 46.2 Å². The second kappa shape index (κ2) is 7.24. The van der Waals surface area contributed by atoms with E-state index in [1.807, 2.05) is 43.3 Å². The summed E-state index contributed by atoms with van der Waals surface area (Å²) in [6, 6.07) is 14.9. The smallest absolute Gasteiger partial charge is 0.251 e. The van der Waals surface area contributed by atoms with E-state index in [9.17, 15) is 13.2 Å². The molecule has 1 aliphatic rings. The molecule has 1 heterocycles. The van der Waals surface area contributed by atoms with E-state index >= 15 is 0 Å². The molecular weight excluding hydrogens is 372 g/mol. The second-order valence-corrected chi connectivity index (χ2v) is 10.5. The molecule has 0 aliphatic carbocycles. The van der Waals surface area contributed by atoms with Gasteiger partial charge >= 0.3 is 0 Å². The van der Waals surface area contributed by atoms with E-state index in [0.29, 0.717) is 17.7 Å². The molecule has 0 unspecified atom stereocenters. The fourth-order valence-corrected chi connectivity index (χ4v) is 5.17. The van der Waals surface area contributed by atoms with Gasteiger partial charge in [0, 0.05) is 11.6 Å². The maximum absolute atomic E-state index is 13.0. The molecule has 150 valence electrons. The maximum Gasteiger partial charge on any atom is 0.251 e. The third-order valence-corrected chi connectivity index (χ3v) is 6.40. The molecule has 2 aromatic rings. The van der Waals surface area contributed by atoms with Crippen molar-refractivity contribution in [3.63, 3.8) is 0 Å². The van der Waals surface area contributed by atoms with E-state index in [-0.39, 0.29) is 23.4 Å².